The van der Waals surface area contributed by atoms with Crippen molar-refractivity contribution in [2.45, 2.75) is 25.5 Å². The molecule has 2 aliphatic rings. The Morgan fingerprint density at radius 2 is 1.65 bits per heavy atom. The fraction of sp³-hybridized carbons (Fsp3) is 0.370. The topological polar surface area (TPSA) is 36.0 Å². The molecule has 1 aromatic heterocycles. The number of piperazine rings is 1. The summed E-state index contributed by atoms with van der Waals surface area (Å²) in [5.74, 6) is 0.870. The maximum atomic E-state index is 14.1. The molecule has 178 valence electrons. The third-order valence-corrected chi connectivity index (χ3v) is 7.52. The van der Waals surface area contributed by atoms with Crippen molar-refractivity contribution < 1.29 is 13.9 Å². The van der Waals surface area contributed by atoms with Gasteiger partial charge in [-0.15, -0.1) is 11.3 Å². The van der Waals surface area contributed by atoms with E-state index in [0.717, 1.165) is 69.3 Å². The smallest absolute Gasteiger partial charge is 0.263 e. The lowest BCUT2D eigenvalue weighted by Gasteiger charge is -2.36. The number of piperidine rings is 1. The second-order valence-electron chi connectivity index (χ2n) is 8.95. The Hall–Kier alpha value is -2.90. The van der Waals surface area contributed by atoms with Gasteiger partial charge in [0.25, 0.3) is 5.91 Å². The minimum absolute atomic E-state index is 0.132. The SMILES string of the molecule is O=C(c1cccs1)N1CCC(Oc2ccc(CN3CCN(c4ccccc4F)CC3)cc2)CC1. The van der Waals surface area contributed by atoms with E-state index in [1.165, 1.54) is 23.0 Å². The summed E-state index contributed by atoms with van der Waals surface area (Å²) >= 11 is 1.50. The van der Waals surface area contributed by atoms with Crippen LogP contribution in [0.15, 0.2) is 66.0 Å². The van der Waals surface area contributed by atoms with Crippen LogP contribution in [-0.4, -0.2) is 61.1 Å². The molecule has 3 aromatic rings. The van der Waals surface area contributed by atoms with Crippen molar-refractivity contribution in [2.75, 3.05) is 44.2 Å². The largest absolute Gasteiger partial charge is 0.490 e. The van der Waals surface area contributed by atoms with E-state index >= 15 is 0 Å². The van der Waals surface area contributed by atoms with E-state index in [2.05, 4.69) is 21.9 Å². The number of carbonyl (C=O) groups is 1. The normalized spacial score (nSPS) is 17.7. The van der Waals surface area contributed by atoms with E-state index in [4.69, 9.17) is 4.74 Å². The quantitative estimate of drug-likeness (QED) is 0.504. The summed E-state index contributed by atoms with van der Waals surface area (Å²) in [4.78, 5) is 19.8. The number of benzene rings is 2. The Morgan fingerprint density at radius 1 is 0.912 bits per heavy atom. The lowest BCUT2D eigenvalue weighted by Crippen LogP contribution is -2.46. The van der Waals surface area contributed by atoms with Crippen molar-refractivity contribution in [1.82, 2.24) is 9.80 Å². The fourth-order valence-electron chi connectivity index (χ4n) is 4.71. The minimum Gasteiger partial charge on any atom is -0.490 e. The molecule has 0 atom stereocenters. The maximum Gasteiger partial charge on any atom is 0.263 e. The number of amides is 1. The van der Waals surface area contributed by atoms with Gasteiger partial charge < -0.3 is 14.5 Å². The molecule has 2 saturated heterocycles. The Bertz CT molecular complexity index is 1070. The van der Waals surface area contributed by atoms with Crippen molar-refractivity contribution in [3.63, 3.8) is 0 Å². The number of halogens is 1. The van der Waals surface area contributed by atoms with Crippen LogP contribution in [0.5, 0.6) is 5.75 Å². The van der Waals surface area contributed by atoms with Gasteiger partial charge in [0, 0.05) is 58.7 Å². The molecule has 7 heteroatoms. The highest BCUT2D eigenvalue weighted by atomic mass is 32.1. The van der Waals surface area contributed by atoms with Gasteiger partial charge in [-0.2, -0.15) is 0 Å². The molecule has 0 aliphatic carbocycles. The number of carbonyl (C=O) groups excluding carboxylic acids is 1. The maximum absolute atomic E-state index is 14.1. The summed E-state index contributed by atoms with van der Waals surface area (Å²) in [5, 5.41) is 1.94. The van der Waals surface area contributed by atoms with Crippen molar-refractivity contribution in [1.29, 1.82) is 0 Å². The first-order chi connectivity index (χ1) is 16.7. The first-order valence-corrected chi connectivity index (χ1v) is 12.8. The molecule has 0 saturated carbocycles. The van der Waals surface area contributed by atoms with Crippen LogP contribution >= 0.6 is 11.3 Å². The monoisotopic (exact) mass is 479 g/mol. The average Bonchev–Trinajstić information content (AvgIpc) is 3.41. The molecular formula is C27H30FN3O2S. The Labute approximate surface area is 204 Å². The van der Waals surface area contributed by atoms with E-state index in [1.54, 1.807) is 6.07 Å². The second-order valence-corrected chi connectivity index (χ2v) is 9.89. The molecule has 0 bridgehead atoms. The molecule has 34 heavy (non-hydrogen) atoms. The summed E-state index contributed by atoms with van der Waals surface area (Å²) in [6, 6.07) is 19.2. The van der Waals surface area contributed by atoms with Crippen molar-refractivity contribution >= 4 is 22.9 Å². The van der Waals surface area contributed by atoms with Gasteiger partial charge in [-0.05, 0) is 41.3 Å². The lowest BCUT2D eigenvalue weighted by molar-refractivity contribution is 0.0600. The molecule has 0 spiro atoms. The van der Waals surface area contributed by atoms with Gasteiger partial charge in [-0.25, -0.2) is 4.39 Å². The van der Waals surface area contributed by atoms with Gasteiger partial charge in [0.05, 0.1) is 10.6 Å². The zero-order valence-electron chi connectivity index (χ0n) is 19.2. The molecular weight excluding hydrogens is 449 g/mol. The molecule has 5 nitrogen and oxygen atoms in total. The predicted molar refractivity (Wildman–Crippen MR) is 134 cm³/mol. The first-order valence-electron chi connectivity index (χ1n) is 12.0. The van der Waals surface area contributed by atoms with Crippen LogP contribution in [0.2, 0.25) is 0 Å². The van der Waals surface area contributed by atoms with Crippen LogP contribution in [0.25, 0.3) is 0 Å². The number of ether oxygens (including phenoxy) is 1. The molecule has 3 heterocycles. The standard InChI is InChI=1S/C27H30FN3O2S/c28-24-4-1-2-5-25(24)30-17-15-29(16-18-30)20-21-7-9-22(10-8-21)33-23-11-13-31(14-12-23)27(32)26-6-3-19-34-26/h1-10,19,23H,11-18,20H2. The molecule has 0 unspecified atom stereocenters. The van der Waals surface area contributed by atoms with E-state index < -0.39 is 0 Å². The van der Waals surface area contributed by atoms with Crippen LogP contribution < -0.4 is 9.64 Å². The minimum atomic E-state index is -0.147. The molecule has 0 radical (unpaired) electrons. The van der Waals surface area contributed by atoms with E-state index in [9.17, 15) is 9.18 Å². The van der Waals surface area contributed by atoms with Gasteiger partial charge in [0.1, 0.15) is 17.7 Å². The van der Waals surface area contributed by atoms with E-state index in [-0.39, 0.29) is 17.8 Å². The van der Waals surface area contributed by atoms with E-state index in [0.29, 0.717) is 5.69 Å². The molecule has 2 aromatic carbocycles. The highest BCUT2D eigenvalue weighted by Gasteiger charge is 2.25. The van der Waals surface area contributed by atoms with Gasteiger partial charge >= 0.3 is 0 Å². The van der Waals surface area contributed by atoms with Crippen molar-refractivity contribution in [3.8, 4) is 5.75 Å². The molecule has 1 amide bonds. The fourth-order valence-corrected chi connectivity index (χ4v) is 5.40. The van der Waals surface area contributed by atoms with Crippen LogP contribution in [0.4, 0.5) is 10.1 Å². The molecule has 2 fully saturated rings. The van der Waals surface area contributed by atoms with Crippen LogP contribution in [0.3, 0.4) is 0 Å². The van der Waals surface area contributed by atoms with Crippen LogP contribution in [0.1, 0.15) is 28.1 Å². The van der Waals surface area contributed by atoms with Crippen LogP contribution in [0, 0.1) is 5.82 Å². The second kappa shape index (κ2) is 10.6. The summed E-state index contributed by atoms with van der Waals surface area (Å²) in [5.41, 5.74) is 1.95. The number of hydrogen-bond acceptors (Lipinski definition) is 5. The Balaban J connectivity index is 1.07. The summed E-state index contributed by atoms with van der Waals surface area (Å²) in [7, 11) is 0. The highest BCUT2D eigenvalue weighted by molar-refractivity contribution is 7.12. The molecule has 5 rings (SSSR count). The number of nitrogens with zero attached hydrogens (tertiary/aromatic N) is 3. The number of likely N-dealkylation sites (tertiary alicyclic amines) is 1. The zero-order valence-corrected chi connectivity index (χ0v) is 20.1. The summed E-state index contributed by atoms with van der Waals surface area (Å²) < 4.78 is 20.3. The third kappa shape index (κ3) is 5.42. The number of thiophene rings is 1. The molecule has 0 N–H and O–H groups in total. The van der Waals surface area contributed by atoms with Crippen LogP contribution in [-0.2, 0) is 6.54 Å². The Kier molecular flexibility index (Phi) is 7.11. The van der Waals surface area contributed by atoms with Gasteiger partial charge in [0.15, 0.2) is 0 Å². The number of para-hydroxylation sites is 1. The molecule has 2 aliphatic heterocycles. The zero-order chi connectivity index (χ0) is 23.3. The first kappa shape index (κ1) is 22.9. The average molecular weight is 480 g/mol. The number of rotatable bonds is 6. The third-order valence-electron chi connectivity index (χ3n) is 6.66. The van der Waals surface area contributed by atoms with Crippen molar-refractivity contribution in [3.05, 3.63) is 82.3 Å². The van der Waals surface area contributed by atoms with Gasteiger partial charge in [0.2, 0.25) is 0 Å². The van der Waals surface area contributed by atoms with E-state index in [1.807, 2.05) is 46.7 Å². The van der Waals surface area contributed by atoms with Gasteiger partial charge in [-0.3, -0.25) is 9.69 Å². The number of anilines is 1. The van der Waals surface area contributed by atoms with Gasteiger partial charge in [-0.1, -0.05) is 30.3 Å². The Morgan fingerprint density at radius 3 is 2.32 bits per heavy atom. The lowest BCUT2D eigenvalue weighted by atomic mass is 10.1. The highest BCUT2D eigenvalue weighted by Crippen LogP contribution is 2.23. The van der Waals surface area contributed by atoms with Crippen molar-refractivity contribution in [2.24, 2.45) is 0 Å². The predicted octanol–water partition coefficient (Wildman–Crippen LogP) is 4.89. The number of hydrogen-bond donors (Lipinski definition) is 0. The summed E-state index contributed by atoms with van der Waals surface area (Å²) in [6.45, 7) is 5.83. The summed E-state index contributed by atoms with van der Waals surface area (Å²) in [6.07, 6.45) is 1.85.